The molecule has 0 N–H and O–H groups in total. The molecule has 108 valence electrons. The van der Waals surface area contributed by atoms with E-state index in [9.17, 15) is 9.59 Å². The van der Waals surface area contributed by atoms with Gasteiger partial charge in [-0.25, -0.2) is 4.98 Å². The van der Waals surface area contributed by atoms with Gasteiger partial charge in [0.1, 0.15) is 5.75 Å². The molecule has 0 bridgehead atoms. The Kier molecular flexibility index (Phi) is 3.12. The number of carbonyl (C=O) groups excluding carboxylic acids is 2. The van der Waals surface area contributed by atoms with E-state index in [-0.39, 0.29) is 5.69 Å². The topological polar surface area (TPSA) is 69.4 Å². The quantitative estimate of drug-likeness (QED) is 0.811. The summed E-state index contributed by atoms with van der Waals surface area (Å²) >= 11 is 0. The Labute approximate surface area is 121 Å². The number of oxazole rings is 1. The number of hydrogen-bond donors (Lipinski definition) is 0. The molecule has 3 rings (SSSR count). The standard InChI is InChI=1S/C16H15NO4/c1-8(2)7-11-17-13-15(19)14(18)9-5-4-6-10(20-3)12(9)16(13)21-11/h4-6,8H,7H2,1-3H3. The van der Waals surface area contributed by atoms with Crippen LogP contribution < -0.4 is 4.74 Å². The fraction of sp³-hybridized carbons (Fsp3) is 0.312. The number of benzene rings is 1. The summed E-state index contributed by atoms with van der Waals surface area (Å²) in [6, 6.07) is 5.02. The van der Waals surface area contributed by atoms with E-state index in [0.717, 1.165) is 0 Å². The number of Topliss-reactive ketones (excluding diaryl/α,β-unsaturated/α-hetero) is 2. The Balaban J connectivity index is 2.24. The van der Waals surface area contributed by atoms with Crippen molar-refractivity contribution in [2.75, 3.05) is 7.11 Å². The van der Waals surface area contributed by atoms with Gasteiger partial charge < -0.3 is 9.15 Å². The van der Waals surface area contributed by atoms with Gasteiger partial charge in [0.05, 0.1) is 12.7 Å². The van der Waals surface area contributed by atoms with Gasteiger partial charge in [-0.05, 0) is 18.1 Å². The zero-order valence-electron chi connectivity index (χ0n) is 12.1. The summed E-state index contributed by atoms with van der Waals surface area (Å²) in [5.74, 6) is 0.456. The Morgan fingerprint density at radius 3 is 2.67 bits per heavy atom. The van der Waals surface area contributed by atoms with Crippen LogP contribution in [0, 0.1) is 5.92 Å². The molecule has 0 spiro atoms. The lowest BCUT2D eigenvalue weighted by Crippen LogP contribution is -2.21. The first-order valence-electron chi connectivity index (χ1n) is 6.79. The first-order valence-corrected chi connectivity index (χ1v) is 6.79. The Morgan fingerprint density at radius 2 is 2.00 bits per heavy atom. The molecule has 1 aromatic carbocycles. The smallest absolute Gasteiger partial charge is 0.255 e. The number of aromatic nitrogens is 1. The molecule has 0 fully saturated rings. The van der Waals surface area contributed by atoms with Crippen LogP contribution in [0.2, 0.25) is 0 Å². The highest BCUT2D eigenvalue weighted by atomic mass is 16.5. The molecule has 0 radical (unpaired) electrons. The lowest BCUT2D eigenvalue weighted by molar-refractivity contribution is 0.0812. The first kappa shape index (κ1) is 13.5. The minimum absolute atomic E-state index is 0.0904. The summed E-state index contributed by atoms with van der Waals surface area (Å²) in [4.78, 5) is 28.6. The van der Waals surface area contributed by atoms with Crippen molar-refractivity contribution in [3.05, 3.63) is 35.3 Å². The van der Waals surface area contributed by atoms with Crippen LogP contribution in [0.5, 0.6) is 5.75 Å². The Morgan fingerprint density at radius 1 is 1.24 bits per heavy atom. The monoisotopic (exact) mass is 285 g/mol. The van der Waals surface area contributed by atoms with Crippen LogP contribution in [0.4, 0.5) is 0 Å². The molecule has 1 aliphatic carbocycles. The van der Waals surface area contributed by atoms with Gasteiger partial charge in [-0.1, -0.05) is 19.9 Å². The second-order valence-electron chi connectivity index (χ2n) is 5.42. The third-order valence-corrected chi connectivity index (χ3v) is 3.39. The molecule has 0 unspecified atom stereocenters. The normalized spacial score (nSPS) is 13.3. The van der Waals surface area contributed by atoms with Crippen molar-refractivity contribution in [1.29, 1.82) is 0 Å². The molecule has 0 atom stereocenters. The number of methoxy groups -OCH3 is 1. The van der Waals surface area contributed by atoms with Crippen molar-refractivity contribution in [2.24, 2.45) is 5.92 Å². The van der Waals surface area contributed by atoms with Crippen LogP contribution >= 0.6 is 0 Å². The minimum atomic E-state index is -0.621. The highest BCUT2D eigenvalue weighted by Crippen LogP contribution is 2.40. The van der Waals surface area contributed by atoms with Gasteiger partial charge in [0.15, 0.2) is 17.3 Å². The van der Waals surface area contributed by atoms with Gasteiger partial charge in [-0.15, -0.1) is 0 Å². The number of nitrogens with zero attached hydrogens (tertiary/aromatic N) is 1. The number of ether oxygens (including phenoxy) is 1. The molecular formula is C16H15NO4. The van der Waals surface area contributed by atoms with Gasteiger partial charge in [0, 0.05) is 12.0 Å². The molecule has 5 heteroatoms. The molecule has 0 aliphatic heterocycles. The summed E-state index contributed by atoms with van der Waals surface area (Å²) in [5.41, 5.74) is 0.911. The number of fused-ring (bicyclic) bond motifs is 3. The SMILES string of the molecule is COc1cccc2c1-c1oc(CC(C)C)nc1C(=O)C2=O. The maximum atomic E-state index is 12.2. The second kappa shape index (κ2) is 4.84. The van der Waals surface area contributed by atoms with Crippen molar-refractivity contribution in [1.82, 2.24) is 4.98 Å². The molecule has 0 saturated carbocycles. The van der Waals surface area contributed by atoms with E-state index in [1.54, 1.807) is 18.2 Å². The highest BCUT2D eigenvalue weighted by Gasteiger charge is 2.37. The molecule has 1 aliphatic rings. The van der Waals surface area contributed by atoms with Gasteiger partial charge in [0.2, 0.25) is 5.78 Å². The fourth-order valence-corrected chi connectivity index (χ4v) is 2.48. The van der Waals surface area contributed by atoms with Crippen molar-refractivity contribution >= 4 is 11.6 Å². The first-order chi connectivity index (χ1) is 10.0. The molecule has 0 saturated heterocycles. The van der Waals surface area contributed by atoms with Gasteiger partial charge >= 0.3 is 0 Å². The van der Waals surface area contributed by atoms with Gasteiger partial charge in [-0.3, -0.25) is 9.59 Å². The third kappa shape index (κ3) is 2.05. The van der Waals surface area contributed by atoms with E-state index in [1.807, 2.05) is 13.8 Å². The summed E-state index contributed by atoms with van der Waals surface area (Å²) in [7, 11) is 1.52. The maximum absolute atomic E-state index is 12.2. The van der Waals surface area contributed by atoms with Crippen LogP contribution in [0.15, 0.2) is 22.6 Å². The molecule has 0 amide bonds. The Hall–Kier alpha value is -2.43. The maximum Gasteiger partial charge on any atom is 0.255 e. The van der Waals surface area contributed by atoms with E-state index in [4.69, 9.17) is 9.15 Å². The lowest BCUT2D eigenvalue weighted by atomic mass is 9.90. The van der Waals surface area contributed by atoms with E-state index in [1.165, 1.54) is 7.11 Å². The molecule has 21 heavy (non-hydrogen) atoms. The predicted octanol–water partition coefficient (Wildman–Crippen LogP) is 2.93. The molecular weight excluding hydrogens is 270 g/mol. The van der Waals surface area contributed by atoms with Crippen molar-refractivity contribution in [3.8, 4) is 17.1 Å². The van der Waals surface area contributed by atoms with Gasteiger partial charge in [-0.2, -0.15) is 0 Å². The highest BCUT2D eigenvalue weighted by molar-refractivity contribution is 6.52. The molecule has 1 aromatic heterocycles. The van der Waals surface area contributed by atoms with Crippen molar-refractivity contribution < 1.29 is 18.7 Å². The average Bonchev–Trinajstić information content (AvgIpc) is 2.86. The van der Waals surface area contributed by atoms with Crippen LogP contribution in [0.3, 0.4) is 0 Å². The summed E-state index contributed by atoms with van der Waals surface area (Å²) < 4.78 is 11.0. The number of hydrogen-bond acceptors (Lipinski definition) is 5. The zero-order chi connectivity index (χ0) is 15.1. The predicted molar refractivity (Wildman–Crippen MR) is 75.7 cm³/mol. The van der Waals surface area contributed by atoms with E-state index in [0.29, 0.717) is 40.9 Å². The number of ketones is 2. The van der Waals surface area contributed by atoms with E-state index >= 15 is 0 Å². The van der Waals surface area contributed by atoms with Crippen molar-refractivity contribution in [3.63, 3.8) is 0 Å². The van der Waals surface area contributed by atoms with Crippen LogP contribution in [-0.2, 0) is 6.42 Å². The average molecular weight is 285 g/mol. The van der Waals surface area contributed by atoms with Crippen LogP contribution in [0.25, 0.3) is 11.3 Å². The molecule has 2 aromatic rings. The number of rotatable bonds is 3. The fourth-order valence-electron chi connectivity index (χ4n) is 2.48. The van der Waals surface area contributed by atoms with Gasteiger partial charge in [0.25, 0.3) is 5.78 Å². The largest absolute Gasteiger partial charge is 0.496 e. The van der Waals surface area contributed by atoms with E-state index < -0.39 is 11.6 Å². The summed E-state index contributed by atoms with van der Waals surface area (Å²) in [5, 5.41) is 0. The summed E-state index contributed by atoms with van der Waals surface area (Å²) in [6.07, 6.45) is 0.610. The summed E-state index contributed by atoms with van der Waals surface area (Å²) in [6.45, 7) is 4.06. The van der Waals surface area contributed by atoms with E-state index in [2.05, 4.69) is 4.98 Å². The van der Waals surface area contributed by atoms with Crippen molar-refractivity contribution in [2.45, 2.75) is 20.3 Å². The van der Waals surface area contributed by atoms with Crippen LogP contribution in [-0.4, -0.2) is 23.7 Å². The molecule has 1 heterocycles. The third-order valence-electron chi connectivity index (χ3n) is 3.39. The zero-order valence-corrected chi connectivity index (χ0v) is 12.1. The second-order valence-corrected chi connectivity index (χ2v) is 5.42. The molecule has 5 nitrogen and oxygen atoms in total. The van der Waals surface area contributed by atoms with Crippen LogP contribution in [0.1, 0.15) is 40.6 Å². The Bertz CT molecular complexity index is 743. The number of carbonyl (C=O) groups is 2. The minimum Gasteiger partial charge on any atom is -0.496 e. The lowest BCUT2D eigenvalue weighted by Gasteiger charge is -2.14.